The summed E-state index contributed by atoms with van der Waals surface area (Å²) in [6.07, 6.45) is 3.32. The van der Waals surface area contributed by atoms with Crippen molar-refractivity contribution in [2.75, 3.05) is 0 Å². The van der Waals surface area contributed by atoms with E-state index in [1.807, 2.05) is 19.2 Å². The molecule has 0 atom stereocenters. The number of nitrogens with zero attached hydrogens (tertiary/aromatic N) is 2. The molecule has 0 saturated heterocycles. The SMILES string of the molecule is CC(C)(NC(=O)c1ncccc1Br)c1nccs1. The fourth-order valence-electron chi connectivity index (χ4n) is 1.48. The first-order valence-electron chi connectivity index (χ1n) is 5.34. The van der Waals surface area contributed by atoms with Gasteiger partial charge in [0, 0.05) is 22.2 Å². The summed E-state index contributed by atoms with van der Waals surface area (Å²) in [5.41, 5.74) is -0.135. The number of hydrogen-bond acceptors (Lipinski definition) is 4. The van der Waals surface area contributed by atoms with E-state index in [4.69, 9.17) is 0 Å². The minimum absolute atomic E-state index is 0.220. The predicted molar refractivity (Wildman–Crippen MR) is 74.5 cm³/mol. The number of rotatable bonds is 3. The van der Waals surface area contributed by atoms with Crippen LogP contribution in [-0.4, -0.2) is 15.9 Å². The Bertz CT molecular complexity index is 554. The summed E-state index contributed by atoms with van der Waals surface area (Å²) in [5, 5.41) is 5.68. The summed E-state index contributed by atoms with van der Waals surface area (Å²) in [7, 11) is 0. The van der Waals surface area contributed by atoms with E-state index in [0.29, 0.717) is 10.2 Å². The molecule has 18 heavy (non-hydrogen) atoms. The Balaban J connectivity index is 2.20. The third-order valence-electron chi connectivity index (χ3n) is 2.37. The van der Waals surface area contributed by atoms with E-state index in [0.717, 1.165) is 5.01 Å². The minimum Gasteiger partial charge on any atom is -0.339 e. The highest BCUT2D eigenvalue weighted by Crippen LogP contribution is 2.23. The standard InChI is InChI=1S/C12H12BrN3OS/c1-12(2,11-15-6-7-18-11)16-10(17)9-8(13)4-3-5-14-9/h3-7H,1-2H3,(H,16,17). The summed E-state index contributed by atoms with van der Waals surface area (Å²) < 4.78 is 0.678. The van der Waals surface area contributed by atoms with Crippen LogP contribution in [0.2, 0.25) is 0 Å². The summed E-state index contributed by atoms with van der Waals surface area (Å²) in [6.45, 7) is 3.83. The minimum atomic E-state index is -0.512. The second-order valence-corrected chi connectivity index (χ2v) is 6.00. The third-order valence-corrected chi connectivity index (χ3v) is 4.10. The number of hydrogen-bond donors (Lipinski definition) is 1. The summed E-state index contributed by atoms with van der Waals surface area (Å²) in [6, 6.07) is 3.56. The second kappa shape index (κ2) is 5.16. The normalized spacial score (nSPS) is 11.3. The van der Waals surface area contributed by atoms with Gasteiger partial charge in [-0.2, -0.15) is 0 Å². The van der Waals surface area contributed by atoms with Gasteiger partial charge >= 0.3 is 0 Å². The zero-order valence-corrected chi connectivity index (χ0v) is 12.4. The molecule has 0 aliphatic carbocycles. The van der Waals surface area contributed by atoms with Crippen molar-refractivity contribution in [1.82, 2.24) is 15.3 Å². The molecular formula is C12H12BrN3OS. The highest BCUT2D eigenvalue weighted by atomic mass is 79.9. The number of thiazole rings is 1. The number of nitrogens with one attached hydrogen (secondary N) is 1. The lowest BCUT2D eigenvalue weighted by molar-refractivity contribution is 0.0906. The molecule has 0 fully saturated rings. The Morgan fingerprint density at radius 2 is 2.17 bits per heavy atom. The highest BCUT2D eigenvalue weighted by molar-refractivity contribution is 9.10. The van der Waals surface area contributed by atoms with Gasteiger partial charge < -0.3 is 5.32 Å². The molecule has 0 saturated carbocycles. The molecule has 0 unspecified atom stereocenters. The Kier molecular flexibility index (Phi) is 3.77. The molecule has 0 aliphatic heterocycles. The van der Waals surface area contributed by atoms with Crippen molar-refractivity contribution in [2.24, 2.45) is 0 Å². The van der Waals surface area contributed by atoms with E-state index in [2.05, 4.69) is 31.2 Å². The fourth-order valence-corrected chi connectivity index (χ4v) is 2.63. The molecule has 2 aromatic rings. The van der Waals surface area contributed by atoms with Gasteiger partial charge in [-0.15, -0.1) is 11.3 Å². The first kappa shape index (κ1) is 13.2. The molecule has 0 spiro atoms. The van der Waals surface area contributed by atoms with Gasteiger partial charge in [0.15, 0.2) is 0 Å². The monoisotopic (exact) mass is 325 g/mol. The molecular weight excluding hydrogens is 314 g/mol. The van der Waals surface area contributed by atoms with E-state index in [-0.39, 0.29) is 5.91 Å². The molecule has 94 valence electrons. The molecule has 1 N–H and O–H groups in total. The summed E-state index contributed by atoms with van der Waals surface area (Å²) in [4.78, 5) is 20.4. The first-order valence-corrected chi connectivity index (χ1v) is 7.01. The largest absolute Gasteiger partial charge is 0.339 e. The molecule has 2 rings (SSSR count). The quantitative estimate of drug-likeness (QED) is 0.943. The van der Waals surface area contributed by atoms with E-state index < -0.39 is 5.54 Å². The maximum Gasteiger partial charge on any atom is 0.271 e. The van der Waals surface area contributed by atoms with Crippen LogP contribution in [0.15, 0.2) is 34.4 Å². The molecule has 6 heteroatoms. The third kappa shape index (κ3) is 2.76. The maximum atomic E-state index is 12.1. The van der Waals surface area contributed by atoms with Crippen LogP contribution >= 0.6 is 27.3 Å². The summed E-state index contributed by atoms with van der Waals surface area (Å²) in [5.74, 6) is -0.220. The average molecular weight is 326 g/mol. The average Bonchev–Trinajstić information content (AvgIpc) is 2.82. The fraction of sp³-hybridized carbons (Fsp3) is 0.250. The zero-order chi connectivity index (χ0) is 13.2. The molecule has 0 radical (unpaired) electrons. The van der Waals surface area contributed by atoms with Gasteiger partial charge in [0.05, 0.1) is 5.54 Å². The molecule has 0 bridgehead atoms. The molecule has 0 aliphatic rings. The van der Waals surface area contributed by atoms with Crippen molar-refractivity contribution in [2.45, 2.75) is 19.4 Å². The van der Waals surface area contributed by atoms with Crippen molar-refractivity contribution in [3.63, 3.8) is 0 Å². The van der Waals surface area contributed by atoms with Gasteiger partial charge in [-0.1, -0.05) is 0 Å². The smallest absolute Gasteiger partial charge is 0.271 e. The van der Waals surface area contributed by atoms with Crippen molar-refractivity contribution < 1.29 is 4.79 Å². The van der Waals surface area contributed by atoms with Crippen LogP contribution in [0, 0.1) is 0 Å². The van der Waals surface area contributed by atoms with Crippen molar-refractivity contribution >= 4 is 33.2 Å². The van der Waals surface area contributed by atoms with Gasteiger partial charge in [0.25, 0.3) is 5.91 Å². The van der Waals surface area contributed by atoms with Crippen LogP contribution in [0.3, 0.4) is 0 Å². The van der Waals surface area contributed by atoms with Crippen LogP contribution in [0.5, 0.6) is 0 Å². The Labute approximate surface area is 118 Å². The van der Waals surface area contributed by atoms with Crippen LogP contribution in [0.25, 0.3) is 0 Å². The lowest BCUT2D eigenvalue weighted by Gasteiger charge is -2.23. The van der Waals surface area contributed by atoms with Crippen molar-refractivity contribution in [3.05, 3.63) is 45.1 Å². The molecule has 2 heterocycles. The Hall–Kier alpha value is -1.27. The number of pyridine rings is 1. The first-order chi connectivity index (χ1) is 8.50. The van der Waals surface area contributed by atoms with Crippen LogP contribution < -0.4 is 5.32 Å². The number of amides is 1. The van der Waals surface area contributed by atoms with E-state index in [1.54, 1.807) is 24.5 Å². The number of carbonyl (C=O) groups excluding carboxylic acids is 1. The molecule has 2 aromatic heterocycles. The molecule has 0 aromatic carbocycles. The van der Waals surface area contributed by atoms with E-state index in [1.165, 1.54) is 11.3 Å². The van der Waals surface area contributed by atoms with Crippen molar-refractivity contribution in [1.29, 1.82) is 0 Å². The topological polar surface area (TPSA) is 54.9 Å². The van der Waals surface area contributed by atoms with Gasteiger partial charge in [-0.05, 0) is 41.9 Å². The Morgan fingerprint density at radius 3 is 2.78 bits per heavy atom. The van der Waals surface area contributed by atoms with E-state index in [9.17, 15) is 4.79 Å². The van der Waals surface area contributed by atoms with E-state index >= 15 is 0 Å². The van der Waals surface area contributed by atoms with Gasteiger partial charge in [0.1, 0.15) is 10.7 Å². The second-order valence-electron chi connectivity index (χ2n) is 4.25. The van der Waals surface area contributed by atoms with Gasteiger partial charge in [-0.25, -0.2) is 9.97 Å². The number of carbonyl (C=O) groups is 1. The zero-order valence-electron chi connectivity index (χ0n) is 9.98. The molecule has 4 nitrogen and oxygen atoms in total. The number of halogens is 1. The highest BCUT2D eigenvalue weighted by Gasteiger charge is 2.27. The molecule has 1 amide bonds. The van der Waals surface area contributed by atoms with Crippen LogP contribution in [0.4, 0.5) is 0 Å². The number of aromatic nitrogens is 2. The summed E-state index contributed by atoms with van der Waals surface area (Å²) >= 11 is 4.83. The predicted octanol–water partition coefficient (Wildman–Crippen LogP) is 2.97. The van der Waals surface area contributed by atoms with Gasteiger partial charge in [-0.3, -0.25) is 4.79 Å². The van der Waals surface area contributed by atoms with Crippen LogP contribution in [-0.2, 0) is 5.54 Å². The van der Waals surface area contributed by atoms with Crippen LogP contribution in [0.1, 0.15) is 29.3 Å². The van der Waals surface area contributed by atoms with Gasteiger partial charge in [0.2, 0.25) is 0 Å². The van der Waals surface area contributed by atoms with Crippen molar-refractivity contribution in [3.8, 4) is 0 Å². The Morgan fingerprint density at radius 1 is 1.39 bits per heavy atom. The maximum absolute atomic E-state index is 12.1. The lowest BCUT2D eigenvalue weighted by atomic mass is 10.1. The lowest BCUT2D eigenvalue weighted by Crippen LogP contribution is -2.41.